The van der Waals surface area contributed by atoms with Gasteiger partial charge < -0.3 is 37.0 Å². The second kappa shape index (κ2) is 16.6. The summed E-state index contributed by atoms with van der Waals surface area (Å²) < 4.78 is 0. The minimum Gasteiger partial charge on any atom is -0.481 e. The van der Waals surface area contributed by atoms with Gasteiger partial charge in [0.1, 0.15) is 18.1 Å². The Balaban J connectivity index is 5.33. The van der Waals surface area contributed by atoms with E-state index in [2.05, 4.69) is 16.0 Å². The highest BCUT2D eigenvalue weighted by Crippen LogP contribution is 2.06. The molecule has 0 saturated heterocycles. The molecule has 0 aliphatic rings. The van der Waals surface area contributed by atoms with E-state index < -0.39 is 66.4 Å². The molecule has 0 heterocycles. The zero-order chi connectivity index (χ0) is 25.6. The van der Waals surface area contributed by atoms with Crippen molar-refractivity contribution in [1.82, 2.24) is 16.0 Å². The lowest BCUT2D eigenvalue weighted by Gasteiger charge is -2.26. The molecule has 14 heteroatoms. The molecule has 190 valence electrons. The number of carbonyl (C=O) groups is 5. The molecule has 8 N–H and O–H groups in total. The first-order valence-corrected chi connectivity index (χ1v) is 13.0. The average Bonchev–Trinajstić information content (AvgIpc) is 2.74. The SMILES string of the molecule is CSCCC(N)C(=O)NC(CCSC)C(=O)NC(C(=O)NC(CCC(=O)O)C(=O)O)C(C)O. The van der Waals surface area contributed by atoms with E-state index in [-0.39, 0.29) is 12.8 Å². The number of amides is 3. The standard InChI is InChI=1S/C19H34N4O8S2/c1-10(24)15(18(29)22-13(19(30)31)4-5-14(25)26)23-17(28)12(7-9-33-3)21-16(27)11(20)6-8-32-2/h10-13,15,24H,4-9,20H2,1-3H3,(H,21,27)(H,22,29)(H,23,28)(H,25,26)(H,30,31). The highest BCUT2D eigenvalue weighted by Gasteiger charge is 2.32. The van der Waals surface area contributed by atoms with E-state index in [1.165, 1.54) is 30.4 Å². The fourth-order valence-electron chi connectivity index (χ4n) is 2.60. The van der Waals surface area contributed by atoms with Crippen molar-refractivity contribution in [2.75, 3.05) is 24.0 Å². The zero-order valence-electron chi connectivity index (χ0n) is 18.9. The van der Waals surface area contributed by atoms with E-state index in [1.807, 2.05) is 12.5 Å². The van der Waals surface area contributed by atoms with E-state index in [4.69, 9.17) is 10.8 Å². The molecule has 0 fully saturated rings. The summed E-state index contributed by atoms with van der Waals surface area (Å²) in [4.78, 5) is 59.8. The van der Waals surface area contributed by atoms with Crippen LogP contribution in [0.25, 0.3) is 0 Å². The lowest BCUT2D eigenvalue weighted by molar-refractivity contribution is -0.144. The molecule has 0 saturated carbocycles. The van der Waals surface area contributed by atoms with Gasteiger partial charge in [-0.1, -0.05) is 0 Å². The first-order chi connectivity index (χ1) is 15.4. The summed E-state index contributed by atoms with van der Waals surface area (Å²) in [7, 11) is 0. The maximum Gasteiger partial charge on any atom is 0.326 e. The van der Waals surface area contributed by atoms with Gasteiger partial charge >= 0.3 is 11.9 Å². The molecule has 0 aromatic heterocycles. The quantitative estimate of drug-likeness (QED) is 0.121. The predicted molar refractivity (Wildman–Crippen MR) is 126 cm³/mol. The van der Waals surface area contributed by atoms with Gasteiger partial charge in [-0.15, -0.1) is 0 Å². The summed E-state index contributed by atoms with van der Waals surface area (Å²) in [6.45, 7) is 1.23. The smallest absolute Gasteiger partial charge is 0.326 e. The number of carboxylic acid groups (broad SMARTS) is 2. The largest absolute Gasteiger partial charge is 0.481 e. The number of nitrogens with two attached hydrogens (primary N) is 1. The lowest BCUT2D eigenvalue weighted by Crippen LogP contribution is -2.60. The molecule has 0 aliphatic carbocycles. The van der Waals surface area contributed by atoms with Crippen LogP contribution in [0.1, 0.15) is 32.6 Å². The van der Waals surface area contributed by atoms with Gasteiger partial charge in [-0.2, -0.15) is 23.5 Å². The Kier molecular flexibility index (Phi) is 15.5. The van der Waals surface area contributed by atoms with E-state index in [1.54, 1.807) is 0 Å². The molecule has 0 spiro atoms. The molecule has 33 heavy (non-hydrogen) atoms. The van der Waals surface area contributed by atoms with Gasteiger partial charge in [-0.25, -0.2) is 4.79 Å². The number of carbonyl (C=O) groups excluding carboxylic acids is 3. The number of carboxylic acids is 2. The van der Waals surface area contributed by atoms with Crippen LogP contribution in [0, 0.1) is 0 Å². The molecule has 0 radical (unpaired) electrons. The van der Waals surface area contributed by atoms with Crippen molar-refractivity contribution in [2.45, 2.75) is 62.9 Å². The van der Waals surface area contributed by atoms with Crippen LogP contribution < -0.4 is 21.7 Å². The molecule has 0 rings (SSSR count). The number of aliphatic hydroxyl groups is 1. The fraction of sp³-hybridized carbons (Fsp3) is 0.737. The fourth-order valence-corrected chi connectivity index (χ4v) is 3.57. The Morgan fingerprint density at radius 3 is 1.85 bits per heavy atom. The number of aliphatic hydroxyl groups excluding tert-OH is 1. The molecular formula is C19H34N4O8S2. The van der Waals surface area contributed by atoms with Crippen LogP contribution in [0.5, 0.6) is 0 Å². The summed E-state index contributed by atoms with van der Waals surface area (Å²) in [5.41, 5.74) is 5.85. The molecule has 0 aliphatic heterocycles. The van der Waals surface area contributed by atoms with Gasteiger partial charge in [0.2, 0.25) is 17.7 Å². The van der Waals surface area contributed by atoms with Crippen LogP contribution in [-0.4, -0.2) is 99.3 Å². The van der Waals surface area contributed by atoms with Crippen molar-refractivity contribution in [3.8, 4) is 0 Å². The second-order valence-electron chi connectivity index (χ2n) is 7.29. The first kappa shape index (κ1) is 31.0. The van der Waals surface area contributed by atoms with Gasteiger partial charge in [-0.05, 0) is 50.2 Å². The van der Waals surface area contributed by atoms with Crippen LogP contribution in [0.3, 0.4) is 0 Å². The highest BCUT2D eigenvalue weighted by molar-refractivity contribution is 7.98. The third kappa shape index (κ3) is 12.7. The molecule has 5 unspecified atom stereocenters. The number of nitrogens with one attached hydrogen (secondary N) is 3. The van der Waals surface area contributed by atoms with Gasteiger partial charge in [0, 0.05) is 6.42 Å². The van der Waals surface area contributed by atoms with E-state index in [9.17, 15) is 34.2 Å². The van der Waals surface area contributed by atoms with Crippen molar-refractivity contribution >= 4 is 53.2 Å². The van der Waals surface area contributed by atoms with Crippen molar-refractivity contribution in [2.24, 2.45) is 5.73 Å². The maximum atomic E-state index is 12.8. The Morgan fingerprint density at radius 1 is 0.818 bits per heavy atom. The average molecular weight is 511 g/mol. The van der Waals surface area contributed by atoms with E-state index >= 15 is 0 Å². The van der Waals surface area contributed by atoms with Crippen LogP contribution in [0.4, 0.5) is 0 Å². The Morgan fingerprint density at radius 2 is 1.36 bits per heavy atom. The molecule has 3 amide bonds. The van der Waals surface area contributed by atoms with Crippen molar-refractivity contribution in [3.63, 3.8) is 0 Å². The Labute approximate surface area is 201 Å². The minimum atomic E-state index is -1.52. The zero-order valence-corrected chi connectivity index (χ0v) is 20.5. The Bertz CT molecular complexity index is 680. The number of thioether (sulfide) groups is 2. The molecular weight excluding hydrogens is 476 g/mol. The normalized spacial score (nSPS) is 15.4. The van der Waals surface area contributed by atoms with Crippen molar-refractivity contribution < 1.29 is 39.3 Å². The van der Waals surface area contributed by atoms with Crippen molar-refractivity contribution in [3.05, 3.63) is 0 Å². The summed E-state index contributed by atoms with van der Waals surface area (Å²) in [5, 5.41) is 35.0. The van der Waals surface area contributed by atoms with Crippen LogP contribution >= 0.6 is 23.5 Å². The number of hydrogen-bond donors (Lipinski definition) is 7. The monoisotopic (exact) mass is 510 g/mol. The van der Waals surface area contributed by atoms with Gasteiger partial charge in [-0.3, -0.25) is 19.2 Å². The van der Waals surface area contributed by atoms with Crippen LogP contribution in [0.2, 0.25) is 0 Å². The van der Waals surface area contributed by atoms with Crippen molar-refractivity contribution in [1.29, 1.82) is 0 Å². The van der Waals surface area contributed by atoms with Gasteiger partial charge in [0.15, 0.2) is 0 Å². The summed E-state index contributed by atoms with van der Waals surface area (Å²) in [6.07, 6.45) is 2.06. The first-order valence-electron chi connectivity index (χ1n) is 10.2. The summed E-state index contributed by atoms with van der Waals surface area (Å²) in [6, 6.07) is -4.89. The lowest BCUT2D eigenvalue weighted by atomic mass is 10.1. The van der Waals surface area contributed by atoms with Crippen LogP contribution in [-0.2, 0) is 24.0 Å². The number of hydrogen-bond acceptors (Lipinski definition) is 9. The molecule has 0 aromatic rings. The topological polar surface area (TPSA) is 208 Å². The second-order valence-corrected chi connectivity index (χ2v) is 9.26. The van der Waals surface area contributed by atoms with Crippen LogP contribution in [0.15, 0.2) is 0 Å². The van der Waals surface area contributed by atoms with E-state index in [0.717, 1.165) is 0 Å². The molecule has 0 aromatic carbocycles. The van der Waals surface area contributed by atoms with Gasteiger partial charge in [0.25, 0.3) is 0 Å². The minimum absolute atomic E-state index is 0.235. The highest BCUT2D eigenvalue weighted by atomic mass is 32.2. The molecule has 5 atom stereocenters. The maximum absolute atomic E-state index is 12.8. The van der Waals surface area contributed by atoms with Gasteiger partial charge in [0.05, 0.1) is 12.1 Å². The summed E-state index contributed by atoms with van der Waals surface area (Å²) >= 11 is 2.96. The third-order valence-corrected chi connectivity index (χ3v) is 5.83. The van der Waals surface area contributed by atoms with E-state index in [0.29, 0.717) is 17.9 Å². The number of rotatable bonds is 17. The predicted octanol–water partition coefficient (Wildman–Crippen LogP) is -1.40. The molecule has 12 nitrogen and oxygen atoms in total. The summed E-state index contributed by atoms with van der Waals surface area (Å²) in [5.74, 6) is -3.78. The third-order valence-electron chi connectivity index (χ3n) is 4.54. The Hall–Kier alpha value is -2.03. The molecule has 0 bridgehead atoms. The number of aliphatic carboxylic acids is 2.